The summed E-state index contributed by atoms with van der Waals surface area (Å²) in [5.74, 6) is -0.719. The van der Waals surface area contributed by atoms with Crippen LogP contribution in [0.15, 0.2) is 47.4 Å². The van der Waals surface area contributed by atoms with Gasteiger partial charge in [-0.05, 0) is 37.3 Å². The molecular formula is C18H14Cl2N2O4S. The van der Waals surface area contributed by atoms with E-state index in [4.69, 9.17) is 23.2 Å². The number of hydrogen-bond donors (Lipinski definition) is 1. The Labute approximate surface area is 166 Å². The second-order valence-electron chi connectivity index (χ2n) is 5.75. The topological polar surface area (TPSA) is 85.4 Å². The van der Waals surface area contributed by atoms with Gasteiger partial charge in [0.1, 0.15) is 0 Å². The highest BCUT2D eigenvalue weighted by molar-refractivity contribution is 7.92. The van der Waals surface area contributed by atoms with Gasteiger partial charge in [-0.3, -0.25) is 4.72 Å². The van der Waals surface area contributed by atoms with Crippen LogP contribution >= 0.6 is 23.2 Å². The number of methoxy groups -OCH3 is 1. The van der Waals surface area contributed by atoms with E-state index in [0.717, 1.165) is 5.56 Å². The molecule has 2 aromatic carbocycles. The van der Waals surface area contributed by atoms with Gasteiger partial charge in [-0.15, -0.1) is 0 Å². The summed E-state index contributed by atoms with van der Waals surface area (Å²) in [4.78, 5) is 16.2. The Morgan fingerprint density at radius 3 is 2.41 bits per heavy atom. The van der Waals surface area contributed by atoms with Crippen molar-refractivity contribution >= 4 is 55.8 Å². The molecule has 0 unspecified atom stereocenters. The zero-order chi connectivity index (χ0) is 19.8. The SMILES string of the molecule is COC(=O)c1cc(NS(=O)(=O)c2ccc(C)cc2)c2c(Cl)cc(Cl)cc2n1. The standard InChI is InChI=1S/C18H14Cl2N2O4S/c1-10-3-5-12(6-4-10)27(24,25)22-15-9-16(18(23)26-2)21-14-8-11(19)7-13(20)17(14)15/h3-9H,1-2H3,(H,21,22). The van der Waals surface area contributed by atoms with Crippen LogP contribution in [0, 0.1) is 6.92 Å². The number of nitrogens with zero attached hydrogens (tertiary/aromatic N) is 1. The zero-order valence-corrected chi connectivity index (χ0v) is 16.6. The van der Waals surface area contributed by atoms with Crippen molar-refractivity contribution in [1.29, 1.82) is 0 Å². The Kier molecular flexibility index (Phi) is 5.28. The minimum Gasteiger partial charge on any atom is -0.464 e. The van der Waals surface area contributed by atoms with E-state index in [9.17, 15) is 13.2 Å². The number of ether oxygens (including phenoxy) is 1. The second-order valence-corrected chi connectivity index (χ2v) is 8.27. The summed E-state index contributed by atoms with van der Waals surface area (Å²) in [5.41, 5.74) is 1.21. The van der Waals surface area contributed by atoms with Crippen molar-refractivity contribution < 1.29 is 17.9 Å². The number of nitrogens with one attached hydrogen (secondary N) is 1. The first kappa shape index (κ1) is 19.4. The fourth-order valence-electron chi connectivity index (χ4n) is 2.50. The van der Waals surface area contributed by atoms with Crippen molar-refractivity contribution in [3.63, 3.8) is 0 Å². The lowest BCUT2D eigenvalue weighted by Crippen LogP contribution is -2.15. The molecule has 3 aromatic rings. The molecule has 0 aliphatic heterocycles. The molecule has 0 aliphatic carbocycles. The number of benzene rings is 2. The lowest BCUT2D eigenvalue weighted by atomic mass is 10.1. The predicted molar refractivity (Wildman–Crippen MR) is 105 cm³/mol. The molecule has 0 saturated carbocycles. The predicted octanol–water partition coefficient (Wildman–Crippen LogP) is 4.44. The van der Waals surface area contributed by atoms with Gasteiger partial charge in [-0.2, -0.15) is 0 Å². The number of carbonyl (C=O) groups excluding carboxylic acids is 1. The van der Waals surface area contributed by atoms with E-state index < -0.39 is 16.0 Å². The maximum atomic E-state index is 12.8. The maximum absolute atomic E-state index is 12.8. The van der Waals surface area contributed by atoms with Gasteiger partial charge in [-0.1, -0.05) is 40.9 Å². The van der Waals surface area contributed by atoms with Crippen LogP contribution in [0.2, 0.25) is 10.0 Å². The third-order valence-corrected chi connectivity index (χ3v) is 5.69. The van der Waals surface area contributed by atoms with E-state index in [1.165, 1.54) is 37.4 Å². The third-order valence-electron chi connectivity index (χ3n) is 3.80. The van der Waals surface area contributed by atoms with Gasteiger partial charge >= 0.3 is 5.97 Å². The first-order valence-corrected chi connectivity index (χ1v) is 9.93. The van der Waals surface area contributed by atoms with E-state index in [0.29, 0.717) is 10.4 Å². The van der Waals surface area contributed by atoms with Crippen LogP contribution < -0.4 is 4.72 Å². The molecule has 0 atom stereocenters. The molecule has 0 aliphatic rings. The maximum Gasteiger partial charge on any atom is 0.356 e. The summed E-state index contributed by atoms with van der Waals surface area (Å²) in [6.07, 6.45) is 0. The smallest absolute Gasteiger partial charge is 0.356 e. The van der Waals surface area contributed by atoms with E-state index >= 15 is 0 Å². The minimum atomic E-state index is -3.92. The first-order chi connectivity index (χ1) is 12.7. The molecule has 27 heavy (non-hydrogen) atoms. The number of aromatic nitrogens is 1. The van der Waals surface area contributed by atoms with Gasteiger partial charge in [0, 0.05) is 10.4 Å². The van der Waals surface area contributed by atoms with E-state index in [-0.39, 0.29) is 26.8 Å². The van der Waals surface area contributed by atoms with Crippen LogP contribution in [-0.4, -0.2) is 26.5 Å². The van der Waals surface area contributed by atoms with Gasteiger partial charge in [0.2, 0.25) is 0 Å². The summed E-state index contributed by atoms with van der Waals surface area (Å²) in [5, 5.41) is 0.821. The van der Waals surface area contributed by atoms with Gasteiger partial charge in [-0.25, -0.2) is 18.2 Å². The van der Waals surface area contributed by atoms with Crippen molar-refractivity contribution in [3.8, 4) is 0 Å². The quantitative estimate of drug-likeness (QED) is 0.625. The Bertz CT molecular complexity index is 1150. The van der Waals surface area contributed by atoms with Gasteiger partial charge < -0.3 is 4.74 Å². The van der Waals surface area contributed by atoms with Crippen LogP contribution in [0.1, 0.15) is 16.1 Å². The number of hydrogen-bond acceptors (Lipinski definition) is 5. The van der Waals surface area contributed by atoms with Crippen molar-refractivity contribution in [3.05, 3.63) is 63.8 Å². The zero-order valence-electron chi connectivity index (χ0n) is 14.3. The molecule has 1 aromatic heterocycles. The number of halogens is 2. The third kappa shape index (κ3) is 4.00. The Morgan fingerprint density at radius 1 is 1.11 bits per heavy atom. The van der Waals surface area contributed by atoms with Gasteiger partial charge in [0.05, 0.1) is 28.2 Å². The van der Waals surface area contributed by atoms with Crippen molar-refractivity contribution in [2.45, 2.75) is 11.8 Å². The molecule has 0 amide bonds. The number of fused-ring (bicyclic) bond motifs is 1. The average Bonchev–Trinajstić information content (AvgIpc) is 2.60. The highest BCUT2D eigenvalue weighted by Gasteiger charge is 2.20. The Hall–Kier alpha value is -2.35. The molecule has 140 valence electrons. The highest BCUT2D eigenvalue weighted by Crippen LogP contribution is 2.34. The fourth-order valence-corrected chi connectivity index (χ4v) is 4.14. The van der Waals surface area contributed by atoms with Crippen molar-refractivity contribution in [1.82, 2.24) is 4.98 Å². The van der Waals surface area contributed by atoms with Crippen LogP contribution in [-0.2, 0) is 14.8 Å². The van der Waals surface area contributed by atoms with Crippen LogP contribution in [0.5, 0.6) is 0 Å². The normalized spacial score (nSPS) is 11.4. The molecular weight excluding hydrogens is 411 g/mol. The number of rotatable bonds is 4. The number of carbonyl (C=O) groups is 1. The van der Waals surface area contributed by atoms with E-state index in [1.807, 2.05) is 6.92 Å². The number of esters is 1. The molecule has 0 radical (unpaired) electrons. The van der Waals surface area contributed by atoms with Gasteiger partial charge in [0.15, 0.2) is 5.69 Å². The minimum absolute atomic E-state index is 0.0720. The molecule has 0 fully saturated rings. The second kappa shape index (κ2) is 7.34. The molecule has 0 spiro atoms. The Morgan fingerprint density at radius 2 is 1.78 bits per heavy atom. The molecule has 9 heteroatoms. The average molecular weight is 425 g/mol. The number of sulfonamides is 1. The largest absolute Gasteiger partial charge is 0.464 e. The molecule has 1 N–H and O–H groups in total. The fraction of sp³-hybridized carbons (Fsp3) is 0.111. The summed E-state index contributed by atoms with van der Waals surface area (Å²) in [7, 11) is -2.72. The van der Waals surface area contributed by atoms with Crippen LogP contribution in [0.25, 0.3) is 10.9 Å². The first-order valence-electron chi connectivity index (χ1n) is 7.69. The van der Waals surface area contributed by atoms with Crippen LogP contribution in [0.4, 0.5) is 5.69 Å². The van der Waals surface area contributed by atoms with Crippen molar-refractivity contribution in [2.24, 2.45) is 0 Å². The Balaban J connectivity index is 2.20. The van der Waals surface area contributed by atoms with Crippen LogP contribution in [0.3, 0.4) is 0 Å². The number of pyridine rings is 1. The summed E-state index contributed by atoms with van der Waals surface area (Å²) in [6, 6.07) is 10.6. The lowest BCUT2D eigenvalue weighted by molar-refractivity contribution is 0.0594. The lowest BCUT2D eigenvalue weighted by Gasteiger charge is -2.13. The molecule has 0 bridgehead atoms. The molecule has 3 rings (SSSR count). The van der Waals surface area contributed by atoms with E-state index in [1.54, 1.807) is 12.1 Å². The molecule has 0 saturated heterocycles. The number of aryl methyl sites for hydroxylation is 1. The monoisotopic (exact) mass is 424 g/mol. The molecule has 1 heterocycles. The summed E-state index contributed by atoms with van der Waals surface area (Å²) >= 11 is 12.3. The summed E-state index contributed by atoms with van der Waals surface area (Å²) < 4.78 is 32.7. The van der Waals surface area contributed by atoms with Crippen molar-refractivity contribution in [2.75, 3.05) is 11.8 Å². The highest BCUT2D eigenvalue weighted by atomic mass is 35.5. The summed E-state index contributed by atoms with van der Waals surface area (Å²) in [6.45, 7) is 1.85. The van der Waals surface area contributed by atoms with Gasteiger partial charge in [0.25, 0.3) is 10.0 Å². The number of anilines is 1. The molecule has 6 nitrogen and oxygen atoms in total. The van der Waals surface area contributed by atoms with E-state index in [2.05, 4.69) is 14.4 Å².